The van der Waals surface area contributed by atoms with Crippen molar-refractivity contribution in [3.05, 3.63) is 24.0 Å². The van der Waals surface area contributed by atoms with Crippen LogP contribution in [0, 0.1) is 5.82 Å². The van der Waals surface area contributed by atoms with Crippen molar-refractivity contribution in [3.8, 4) is 0 Å². The highest BCUT2D eigenvalue weighted by Crippen LogP contribution is 2.29. The number of nitrogens with two attached hydrogens (primary N) is 1. The smallest absolute Gasteiger partial charge is 0.414 e. The molecule has 2 aliphatic heterocycles. The third-order valence-corrected chi connectivity index (χ3v) is 4.67. The first-order chi connectivity index (χ1) is 10.2. The maximum atomic E-state index is 14.3. The van der Waals surface area contributed by atoms with E-state index < -0.39 is 6.09 Å². The predicted molar refractivity (Wildman–Crippen MR) is 89.9 cm³/mol. The van der Waals surface area contributed by atoms with E-state index in [1.54, 1.807) is 12.1 Å². The third kappa shape index (κ3) is 3.42. The fraction of sp³-hybridized carbons (Fsp3) is 0.500. The van der Waals surface area contributed by atoms with Crippen molar-refractivity contribution < 1.29 is 13.9 Å². The van der Waals surface area contributed by atoms with Gasteiger partial charge in [-0.25, -0.2) is 9.18 Å². The molecule has 0 unspecified atom stereocenters. The highest BCUT2D eigenvalue weighted by atomic mass is 35.5. The number of thioether (sulfide) groups is 1. The first-order valence-electron chi connectivity index (χ1n) is 6.99. The molecule has 5 nitrogen and oxygen atoms in total. The molecule has 0 bridgehead atoms. The van der Waals surface area contributed by atoms with Crippen LogP contribution < -0.4 is 15.5 Å². The summed E-state index contributed by atoms with van der Waals surface area (Å²) in [6.45, 7) is 2.34. The molecule has 2 saturated heterocycles. The minimum Gasteiger partial charge on any atom is -0.443 e. The molecule has 122 valence electrons. The molecular formula is C14H19ClFN3O2S. The summed E-state index contributed by atoms with van der Waals surface area (Å²) in [5.74, 6) is 1.72. The van der Waals surface area contributed by atoms with Crippen LogP contribution in [0.4, 0.5) is 20.6 Å². The summed E-state index contributed by atoms with van der Waals surface area (Å²) in [4.78, 5) is 15.2. The van der Waals surface area contributed by atoms with Gasteiger partial charge in [0, 0.05) is 31.1 Å². The van der Waals surface area contributed by atoms with Crippen LogP contribution in [0.2, 0.25) is 0 Å². The normalized spacial score (nSPS) is 21.5. The number of hydrogen-bond acceptors (Lipinski definition) is 5. The Kier molecular flexibility index (Phi) is 5.77. The minimum atomic E-state index is -0.466. The molecule has 1 aromatic carbocycles. The zero-order valence-corrected chi connectivity index (χ0v) is 13.7. The van der Waals surface area contributed by atoms with Gasteiger partial charge < -0.3 is 15.4 Å². The summed E-state index contributed by atoms with van der Waals surface area (Å²) in [6, 6.07) is 4.90. The van der Waals surface area contributed by atoms with Gasteiger partial charge in [0.25, 0.3) is 0 Å². The molecule has 1 atom stereocenters. The van der Waals surface area contributed by atoms with Gasteiger partial charge in [0.05, 0.1) is 17.9 Å². The second-order valence-electron chi connectivity index (χ2n) is 5.09. The van der Waals surface area contributed by atoms with Crippen molar-refractivity contribution in [1.82, 2.24) is 0 Å². The number of benzene rings is 1. The number of rotatable bonds is 3. The van der Waals surface area contributed by atoms with Gasteiger partial charge in [-0.3, -0.25) is 4.90 Å². The maximum absolute atomic E-state index is 14.3. The second kappa shape index (κ2) is 7.39. The molecule has 8 heteroatoms. The van der Waals surface area contributed by atoms with Gasteiger partial charge >= 0.3 is 6.09 Å². The van der Waals surface area contributed by atoms with Gasteiger partial charge in [-0.1, -0.05) is 0 Å². The third-order valence-electron chi connectivity index (χ3n) is 3.73. The Bertz CT molecular complexity index is 543. The van der Waals surface area contributed by atoms with Crippen molar-refractivity contribution in [3.63, 3.8) is 0 Å². The van der Waals surface area contributed by atoms with Gasteiger partial charge in [-0.15, -0.1) is 12.4 Å². The summed E-state index contributed by atoms with van der Waals surface area (Å²) in [6.07, 6.45) is -0.786. The highest BCUT2D eigenvalue weighted by molar-refractivity contribution is 7.99. The van der Waals surface area contributed by atoms with Crippen LogP contribution in [0.1, 0.15) is 0 Å². The lowest BCUT2D eigenvalue weighted by atomic mass is 10.2. The van der Waals surface area contributed by atoms with E-state index in [9.17, 15) is 9.18 Å². The molecule has 0 saturated carbocycles. The van der Waals surface area contributed by atoms with E-state index in [1.807, 2.05) is 16.7 Å². The molecule has 2 fully saturated rings. The lowest BCUT2D eigenvalue weighted by molar-refractivity contribution is 0.145. The van der Waals surface area contributed by atoms with Crippen LogP contribution in [0.3, 0.4) is 0 Å². The summed E-state index contributed by atoms with van der Waals surface area (Å²) in [5.41, 5.74) is 6.62. The Morgan fingerprint density at radius 2 is 2.09 bits per heavy atom. The molecule has 0 aliphatic carbocycles. The Hall–Kier alpha value is -1.18. The lowest BCUT2D eigenvalue weighted by Gasteiger charge is -2.29. The number of ether oxygens (including phenoxy) is 1. The number of carbonyl (C=O) groups is 1. The summed E-state index contributed by atoms with van der Waals surface area (Å²) in [5, 5.41) is 0. The van der Waals surface area contributed by atoms with Gasteiger partial charge in [0.2, 0.25) is 0 Å². The number of nitrogens with zero attached hydrogens (tertiary/aromatic N) is 2. The van der Waals surface area contributed by atoms with Gasteiger partial charge in [-0.2, -0.15) is 11.8 Å². The molecule has 0 radical (unpaired) electrons. The molecule has 2 aliphatic rings. The van der Waals surface area contributed by atoms with Crippen molar-refractivity contribution in [1.29, 1.82) is 0 Å². The van der Waals surface area contributed by atoms with Crippen LogP contribution in [0.5, 0.6) is 0 Å². The molecular weight excluding hydrogens is 329 g/mol. The number of cyclic esters (lactones) is 1. The van der Waals surface area contributed by atoms with Crippen LogP contribution in [-0.2, 0) is 4.74 Å². The quantitative estimate of drug-likeness (QED) is 0.907. The van der Waals surface area contributed by atoms with E-state index >= 15 is 0 Å². The van der Waals surface area contributed by atoms with Crippen LogP contribution in [0.15, 0.2) is 18.2 Å². The molecule has 0 spiro atoms. The van der Waals surface area contributed by atoms with E-state index in [2.05, 4.69) is 0 Å². The Morgan fingerprint density at radius 3 is 2.68 bits per heavy atom. The lowest BCUT2D eigenvalue weighted by Crippen LogP contribution is -2.33. The Balaban J connectivity index is 0.00000176. The van der Waals surface area contributed by atoms with Crippen molar-refractivity contribution in [2.24, 2.45) is 5.73 Å². The van der Waals surface area contributed by atoms with Gasteiger partial charge in [-0.05, 0) is 18.2 Å². The van der Waals surface area contributed by atoms with Crippen molar-refractivity contribution >= 4 is 41.6 Å². The zero-order valence-electron chi connectivity index (χ0n) is 12.0. The summed E-state index contributed by atoms with van der Waals surface area (Å²) >= 11 is 1.88. The molecule has 1 aromatic rings. The number of carbonyl (C=O) groups excluding carboxylic acids is 1. The first-order valence-corrected chi connectivity index (χ1v) is 8.15. The number of anilines is 2. The van der Waals surface area contributed by atoms with Crippen LogP contribution in [-0.4, -0.2) is 49.9 Å². The van der Waals surface area contributed by atoms with Crippen molar-refractivity contribution in [2.75, 3.05) is 47.5 Å². The largest absolute Gasteiger partial charge is 0.443 e. The fourth-order valence-corrected chi connectivity index (χ4v) is 3.48. The zero-order chi connectivity index (χ0) is 14.8. The SMILES string of the molecule is Cl.NC[C@H]1CN(c2ccc(N3CCSCC3)c(F)c2)C(=O)O1. The molecule has 2 heterocycles. The number of halogens is 2. The monoisotopic (exact) mass is 347 g/mol. The first kappa shape index (κ1) is 17.2. The van der Waals surface area contributed by atoms with E-state index in [1.165, 1.54) is 11.0 Å². The predicted octanol–water partition coefficient (Wildman–Crippen LogP) is 2.08. The van der Waals surface area contributed by atoms with Crippen LogP contribution >= 0.6 is 24.2 Å². The summed E-state index contributed by atoms with van der Waals surface area (Å²) in [7, 11) is 0. The number of hydrogen-bond donors (Lipinski definition) is 1. The average molecular weight is 348 g/mol. The molecule has 1 amide bonds. The molecule has 3 rings (SSSR count). The average Bonchev–Trinajstić information content (AvgIpc) is 2.89. The van der Waals surface area contributed by atoms with E-state index in [0.29, 0.717) is 17.9 Å². The standard InChI is InChI=1S/C14H18FN3O2S.ClH/c15-12-7-10(18-9-11(8-16)20-14(18)19)1-2-13(12)17-3-5-21-6-4-17;/h1-2,7,11H,3-6,8-9,16H2;1H/t11-;/m0./s1. The topological polar surface area (TPSA) is 58.8 Å². The van der Waals surface area contributed by atoms with E-state index in [-0.39, 0.29) is 30.9 Å². The Morgan fingerprint density at radius 1 is 1.36 bits per heavy atom. The maximum Gasteiger partial charge on any atom is 0.414 e. The molecule has 22 heavy (non-hydrogen) atoms. The Labute approximate surface area is 139 Å². The number of amides is 1. The minimum absolute atomic E-state index is 0. The molecule has 0 aromatic heterocycles. The van der Waals surface area contributed by atoms with E-state index in [4.69, 9.17) is 10.5 Å². The fourth-order valence-electron chi connectivity index (χ4n) is 2.58. The van der Waals surface area contributed by atoms with Crippen molar-refractivity contribution in [2.45, 2.75) is 6.10 Å². The highest BCUT2D eigenvalue weighted by Gasteiger charge is 2.32. The van der Waals surface area contributed by atoms with Gasteiger partial charge in [0.1, 0.15) is 11.9 Å². The van der Waals surface area contributed by atoms with E-state index in [0.717, 1.165) is 24.6 Å². The summed E-state index contributed by atoms with van der Waals surface area (Å²) < 4.78 is 19.4. The van der Waals surface area contributed by atoms with Crippen LogP contribution in [0.25, 0.3) is 0 Å². The van der Waals surface area contributed by atoms with Gasteiger partial charge in [0.15, 0.2) is 0 Å². The second-order valence-corrected chi connectivity index (χ2v) is 6.31. The molecule has 2 N–H and O–H groups in total.